The van der Waals surface area contributed by atoms with Crippen LogP contribution in [-0.2, 0) is 11.2 Å². The van der Waals surface area contributed by atoms with Gasteiger partial charge in [0.25, 0.3) is 0 Å². The van der Waals surface area contributed by atoms with Gasteiger partial charge >= 0.3 is 5.97 Å². The molecule has 0 fully saturated rings. The Morgan fingerprint density at radius 1 is 0.882 bits per heavy atom. The second-order valence-corrected chi connectivity index (χ2v) is 7.50. The van der Waals surface area contributed by atoms with Gasteiger partial charge in [-0.25, -0.2) is 10.2 Å². The van der Waals surface area contributed by atoms with Crippen LogP contribution in [0, 0.1) is 0 Å². The van der Waals surface area contributed by atoms with Gasteiger partial charge in [-0.05, 0) is 59.2 Å². The lowest BCUT2D eigenvalue weighted by atomic mass is 10.0. The standard InChI is InChI=1S/C28H24N2O4/c1-2-33-26-17-20(15-16-25(26)34-28(32)22-10-4-3-5-11-22)19-29-30-27(31)18-23-13-8-12-21-9-6-7-14-24(21)23/h3-17,19H,2,18H2,1H3,(H,30,31). The summed E-state index contributed by atoms with van der Waals surface area (Å²) >= 11 is 0. The van der Waals surface area contributed by atoms with Crippen molar-refractivity contribution in [3.05, 3.63) is 108 Å². The average Bonchev–Trinajstić information content (AvgIpc) is 2.86. The number of fused-ring (bicyclic) bond motifs is 1. The molecule has 4 aromatic carbocycles. The van der Waals surface area contributed by atoms with Crippen LogP contribution in [0.3, 0.4) is 0 Å². The van der Waals surface area contributed by atoms with Crippen molar-refractivity contribution in [2.45, 2.75) is 13.3 Å². The molecule has 6 heteroatoms. The first-order valence-electron chi connectivity index (χ1n) is 11.0. The second kappa shape index (κ2) is 10.9. The molecule has 0 saturated carbocycles. The minimum Gasteiger partial charge on any atom is -0.490 e. The Morgan fingerprint density at radius 2 is 1.65 bits per heavy atom. The highest BCUT2D eigenvalue weighted by molar-refractivity contribution is 5.92. The van der Waals surface area contributed by atoms with E-state index in [2.05, 4.69) is 10.5 Å². The first-order chi connectivity index (χ1) is 16.6. The Morgan fingerprint density at radius 3 is 2.47 bits per heavy atom. The minimum absolute atomic E-state index is 0.217. The van der Waals surface area contributed by atoms with Crippen LogP contribution in [0.4, 0.5) is 0 Å². The number of carbonyl (C=O) groups excluding carboxylic acids is 2. The van der Waals surface area contributed by atoms with Gasteiger partial charge in [0.15, 0.2) is 11.5 Å². The van der Waals surface area contributed by atoms with E-state index in [9.17, 15) is 9.59 Å². The fraction of sp³-hybridized carbons (Fsp3) is 0.107. The third-order valence-corrected chi connectivity index (χ3v) is 5.11. The molecule has 0 spiro atoms. The highest BCUT2D eigenvalue weighted by Crippen LogP contribution is 2.29. The summed E-state index contributed by atoms with van der Waals surface area (Å²) in [6.07, 6.45) is 1.74. The molecule has 0 unspecified atom stereocenters. The van der Waals surface area contributed by atoms with E-state index >= 15 is 0 Å². The fourth-order valence-electron chi connectivity index (χ4n) is 3.53. The Labute approximate surface area is 197 Å². The number of nitrogens with zero attached hydrogens (tertiary/aromatic N) is 1. The van der Waals surface area contributed by atoms with Gasteiger partial charge in [0.05, 0.1) is 24.8 Å². The summed E-state index contributed by atoms with van der Waals surface area (Å²) in [7, 11) is 0. The van der Waals surface area contributed by atoms with Crippen LogP contribution in [-0.4, -0.2) is 24.7 Å². The smallest absolute Gasteiger partial charge is 0.343 e. The highest BCUT2D eigenvalue weighted by atomic mass is 16.6. The van der Waals surface area contributed by atoms with Crippen LogP contribution in [0.1, 0.15) is 28.4 Å². The van der Waals surface area contributed by atoms with E-state index in [1.54, 1.807) is 42.5 Å². The number of benzene rings is 4. The fourth-order valence-corrected chi connectivity index (χ4v) is 3.53. The molecular weight excluding hydrogens is 428 g/mol. The van der Waals surface area contributed by atoms with E-state index in [1.165, 1.54) is 6.21 Å². The van der Waals surface area contributed by atoms with Crippen molar-refractivity contribution in [2.75, 3.05) is 6.61 Å². The maximum atomic E-state index is 12.4. The summed E-state index contributed by atoms with van der Waals surface area (Å²) in [6, 6.07) is 27.7. The Hall–Kier alpha value is -4.45. The maximum Gasteiger partial charge on any atom is 0.343 e. The molecular formula is C28H24N2O4. The van der Waals surface area contributed by atoms with Crippen LogP contribution in [0.5, 0.6) is 11.5 Å². The maximum absolute atomic E-state index is 12.4. The van der Waals surface area contributed by atoms with E-state index in [4.69, 9.17) is 9.47 Å². The molecule has 6 nitrogen and oxygen atoms in total. The molecule has 4 aromatic rings. The van der Waals surface area contributed by atoms with Gasteiger partial charge in [-0.3, -0.25) is 4.79 Å². The average molecular weight is 453 g/mol. The van der Waals surface area contributed by atoms with Crippen LogP contribution in [0.2, 0.25) is 0 Å². The largest absolute Gasteiger partial charge is 0.490 e. The van der Waals surface area contributed by atoms with Crippen molar-refractivity contribution in [2.24, 2.45) is 5.10 Å². The first kappa shape index (κ1) is 22.7. The Balaban J connectivity index is 1.41. The van der Waals surface area contributed by atoms with Gasteiger partial charge in [-0.1, -0.05) is 60.7 Å². The third-order valence-electron chi connectivity index (χ3n) is 5.11. The number of rotatable bonds is 8. The number of hydrazone groups is 1. The lowest BCUT2D eigenvalue weighted by Gasteiger charge is -2.11. The summed E-state index contributed by atoms with van der Waals surface area (Å²) in [5.74, 6) is 0.0420. The van der Waals surface area contributed by atoms with Gasteiger partial charge in [0, 0.05) is 0 Å². The molecule has 0 atom stereocenters. The quantitative estimate of drug-likeness (QED) is 0.174. The number of hydrogen-bond acceptors (Lipinski definition) is 5. The minimum atomic E-state index is -0.469. The summed E-state index contributed by atoms with van der Waals surface area (Å²) < 4.78 is 11.1. The number of hydrogen-bond donors (Lipinski definition) is 1. The zero-order valence-electron chi connectivity index (χ0n) is 18.7. The molecule has 0 saturated heterocycles. The normalized spacial score (nSPS) is 10.9. The van der Waals surface area contributed by atoms with Crippen molar-refractivity contribution < 1.29 is 19.1 Å². The molecule has 170 valence electrons. The van der Waals surface area contributed by atoms with Gasteiger partial charge in [-0.15, -0.1) is 0 Å². The first-order valence-corrected chi connectivity index (χ1v) is 11.0. The van der Waals surface area contributed by atoms with Gasteiger partial charge in [0.1, 0.15) is 0 Å². The molecule has 0 aromatic heterocycles. The number of carbonyl (C=O) groups is 2. The van der Waals surface area contributed by atoms with Gasteiger partial charge in [0.2, 0.25) is 5.91 Å². The molecule has 1 amide bonds. The second-order valence-electron chi connectivity index (χ2n) is 7.50. The molecule has 0 aliphatic rings. The number of nitrogens with one attached hydrogen (secondary N) is 1. The van der Waals surface area contributed by atoms with Crippen molar-refractivity contribution in [3.63, 3.8) is 0 Å². The molecule has 4 rings (SSSR count). The Bertz CT molecular complexity index is 1330. The van der Waals surface area contributed by atoms with Crippen molar-refractivity contribution in [3.8, 4) is 11.5 Å². The van der Waals surface area contributed by atoms with E-state index in [-0.39, 0.29) is 12.3 Å². The van der Waals surface area contributed by atoms with E-state index < -0.39 is 5.97 Å². The van der Waals surface area contributed by atoms with Gasteiger partial charge in [-0.2, -0.15) is 5.10 Å². The topological polar surface area (TPSA) is 77.0 Å². The molecule has 0 aliphatic carbocycles. The summed E-state index contributed by atoms with van der Waals surface area (Å²) in [5, 5.41) is 6.21. The number of amides is 1. The van der Waals surface area contributed by atoms with Crippen molar-refractivity contribution in [1.29, 1.82) is 0 Å². The molecule has 34 heavy (non-hydrogen) atoms. The molecule has 1 N–H and O–H groups in total. The van der Waals surface area contributed by atoms with E-state index in [0.717, 1.165) is 16.3 Å². The predicted molar refractivity (Wildman–Crippen MR) is 132 cm³/mol. The zero-order valence-corrected chi connectivity index (χ0v) is 18.7. The summed E-state index contributed by atoms with van der Waals surface area (Å²) in [4.78, 5) is 24.8. The van der Waals surface area contributed by atoms with Crippen LogP contribution in [0.25, 0.3) is 10.8 Å². The zero-order chi connectivity index (χ0) is 23.8. The molecule has 0 aliphatic heterocycles. The van der Waals surface area contributed by atoms with Crippen LogP contribution in [0.15, 0.2) is 96.1 Å². The lowest BCUT2D eigenvalue weighted by molar-refractivity contribution is -0.120. The van der Waals surface area contributed by atoms with Gasteiger partial charge < -0.3 is 9.47 Å². The van der Waals surface area contributed by atoms with E-state index in [0.29, 0.717) is 29.2 Å². The van der Waals surface area contributed by atoms with Crippen molar-refractivity contribution in [1.82, 2.24) is 5.43 Å². The summed E-state index contributed by atoms with van der Waals surface area (Å²) in [6.45, 7) is 2.25. The monoisotopic (exact) mass is 452 g/mol. The van der Waals surface area contributed by atoms with Crippen LogP contribution >= 0.6 is 0 Å². The van der Waals surface area contributed by atoms with Crippen LogP contribution < -0.4 is 14.9 Å². The predicted octanol–water partition coefficient (Wildman–Crippen LogP) is 5.15. The summed E-state index contributed by atoms with van der Waals surface area (Å²) in [5.41, 5.74) is 4.64. The number of esters is 1. The molecule has 0 heterocycles. The Kier molecular flexibility index (Phi) is 7.30. The van der Waals surface area contributed by atoms with Crippen molar-refractivity contribution >= 4 is 28.9 Å². The number of ether oxygens (including phenoxy) is 2. The van der Waals surface area contributed by atoms with E-state index in [1.807, 2.05) is 55.5 Å². The lowest BCUT2D eigenvalue weighted by Crippen LogP contribution is -2.19. The highest BCUT2D eigenvalue weighted by Gasteiger charge is 2.13. The molecule has 0 bridgehead atoms. The molecule has 0 radical (unpaired) electrons. The third kappa shape index (κ3) is 5.66. The SMILES string of the molecule is CCOc1cc(C=NNC(=O)Cc2cccc3ccccc23)ccc1OC(=O)c1ccccc1.